The summed E-state index contributed by atoms with van der Waals surface area (Å²) in [5, 5.41) is 12.2. The lowest BCUT2D eigenvalue weighted by molar-refractivity contribution is -0.117. The van der Waals surface area contributed by atoms with Crippen LogP contribution in [0.1, 0.15) is 30.6 Å². The number of ether oxygens (including phenoxy) is 1. The molecule has 128 valence electrons. The van der Waals surface area contributed by atoms with E-state index < -0.39 is 0 Å². The van der Waals surface area contributed by atoms with Crippen molar-refractivity contribution in [3.05, 3.63) is 59.7 Å². The number of hydrogen-bond acceptors (Lipinski definition) is 4. The van der Waals surface area contributed by atoms with Crippen LogP contribution in [0.5, 0.6) is 0 Å². The first-order valence-electron chi connectivity index (χ1n) is 8.33. The van der Waals surface area contributed by atoms with Crippen molar-refractivity contribution in [1.29, 1.82) is 5.26 Å². The van der Waals surface area contributed by atoms with Crippen LogP contribution in [0.4, 0.5) is 11.4 Å². The molecule has 0 aliphatic carbocycles. The Labute approximate surface area is 147 Å². The number of methoxy groups -OCH3 is 1. The van der Waals surface area contributed by atoms with E-state index in [0.29, 0.717) is 12.1 Å². The van der Waals surface area contributed by atoms with Gasteiger partial charge in [-0.3, -0.25) is 4.79 Å². The molecule has 0 spiro atoms. The molecule has 3 rings (SSSR count). The van der Waals surface area contributed by atoms with Crippen LogP contribution < -0.4 is 10.2 Å². The van der Waals surface area contributed by atoms with Gasteiger partial charge in [0, 0.05) is 25.0 Å². The normalized spacial score (nSPS) is 18.0. The Hall–Kier alpha value is -2.84. The maximum absolute atomic E-state index is 12.7. The molecule has 0 aromatic heterocycles. The fraction of sp³-hybridized carbons (Fsp3) is 0.300. The molecule has 5 heteroatoms. The number of benzene rings is 2. The van der Waals surface area contributed by atoms with Gasteiger partial charge in [0.2, 0.25) is 5.91 Å². The summed E-state index contributed by atoms with van der Waals surface area (Å²) in [6, 6.07) is 16.9. The minimum Gasteiger partial charge on any atom is -0.377 e. The smallest absolute Gasteiger partial charge is 0.249 e. The quantitative estimate of drug-likeness (QED) is 0.908. The van der Waals surface area contributed by atoms with Crippen LogP contribution in [-0.2, 0) is 9.53 Å². The first-order chi connectivity index (χ1) is 12.1. The molecule has 5 nitrogen and oxygen atoms in total. The van der Waals surface area contributed by atoms with Crippen molar-refractivity contribution in [2.24, 2.45) is 0 Å². The van der Waals surface area contributed by atoms with Crippen molar-refractivity contribution in [3.63, 3.8) is 0 Å². The molecule has 1 aliphatic rings. The molecule has 25 heavy (non-hydrogen) atoms. The molecule has 1 heterocycles. The molecule has 0 bridgehead atoms. The van der Waals surface area contributed by atoms with Crippen molar-refractivity contribution in [3.8, 4) is 6.07 Å². The second-order valence-electron chi connectivity index (χ2n) is 6.14. The number of carbonyl (C=O) groups is 1. The lowest BCUT2D eigenvalue weighted by atomic mass is 10.1. The van der Waals surface area contributed by atoms with E-state index in [-0.39, 0.29) is 18.1 Å². The summed E-state index contributed by atoms with van der Waals surface area (Å²) in [6.45, 7) is 2.66. The number of carbonyl (C=O) groups excluding carboxylic acids is 1. The van der Waals surface area contributed by atoms with Gasteiger partial charge in [0.25, 0.3) is 0 Å². The second kappa shape index (κ2) is 7.37. The highest BCUT2D eigenvalue weighted by atomic mass is 16.5. The van der Waals surface area contributed by atoms with Gasteiger partial charge in [-0.25, -0.2) is 0 Å². The highest BCUT2D eigenvalue weighted by molar-refractivity contribution is 6.01. The van der Waals surface area contributed by atoms with Gasteiger partial charge in [0.1, 0.15) is 6.04 Å². The Bertz CT molecular complexity index is 795. The van der Waals surface area contributed by atoms with Crippen LogP contribution in [0.25, 0.3) is 0 Å². The van der Waals surface area contributed by atoms with E-state index in [1.165, 1.54) is 0 Å². The summed E-state index contributed by atoms with van der Waals surface area (Å²) < 4.78 is 5.35. The lowest BCUT2D eigenvalue weighted by Gasteiger charge is -2.18. The van der Waals surface area contributed by atoms with Crippen LogP contribution in [0, 0.1) is 11.3 Å². The number of amides is 1. The summed E-state index contributed by atoms with van der Waals surface area (Å²) >= 11 is 0. The van der Waals surface area contributed by atoms with Crippen molar-refractivity contribution < 1.29 is 9.53 Å². The van der Waals surface area contributed by atoms with Gasteiger partial charge in [0.05, 0.1) is 17.7 Å². The first-order valence-corrected chi connectivity index (χ1v) is 8.33. The molecule has 1 N–H and O–H groups in total. The highest BCUT2D eigenvalue weighted by Crippen LogP contribution is 2.25. The minimum atomic E-state index is -0.247. The molecule has 0 saturated carbocycles. The van der Waals surface area contributed by atoms with E-state index in [1.54, 1.807) is 24.1 Å². The summed E-state index contributed by atoms with van der Waals surface area (Å²) in [4.78, 5) is 14.5. The third-order valence-electron chi connectivity index (χ3n) is 4.56. The Kier molecular flexibility index (Phi) is 5.01. The maximum atomic E-state index is 12.7. The summed E-state index contributed by atoms with van der Waals surface area (Å²) in [7, 11) is 1.68. The van der Waals surface area contributed by atoms with Crippen LogP contribution >= 0.6 is 0 Å². The SMILES string of the molecule is CO[C@@H](C)c1cccc(N[C@H]2CCN(c3ccc(C#N)cc3)C2=O)c1. The number of nitriles is 1. The first kappa shape index (κ1) is 17.0. The third kappa shape index (κ3) is 3.65. The molecular formula is C20H21N3O2. The topological polar surface area (TPSA) is 65.4 Å². The van der Waals surface area contributed by atoms with Gasteiger partial charge in [-0.05, 0) is 55.3 Å². The van der Waals surface area contributed by atoms with E-state index in [1.807, 2.05) is 43.3 Å². The number of hydrogen-bond donors (Lipinski definition) is 1. The fourth-order valence-corrected chi connectivity index (χ4v) is 3.00. The standard InChI is InChI=1S/C20H21N3O2/c1-14(25-2)16-4-3-5-17(12-16)22-19-10-11-23(20(19)24)18-8-6-15(13-21)7-9-18/h3-9,12,14,19,22H,10-11H2,1-2H3/t14-,19-/m0/s1. The molecule has 0 radical (unpaired) electrons. The van der Waals surface area contributed by atoms with Crippen molar-refractivity contribution in [2.75, 3.05) is 23.9 Å². The maximum Gasteiger partial charge on any atom is 0.249 e. The summed E-state index contributed by atoms with van der Waals surface area (Å²) in [5.74, 6) is 0.0508. The molecule has 2 aromatic rings. The Balaban J connectivity index is 1.71. The zero-order valence-corrected chi connectivity index (χ0v) is 14.4. The lowest BCUT2D eigenvalue weighted by Crippen LogP contribution is -2.33. The Morgan fingerprint density at radius 3 is 2.72 bits per heavy atom. The Morgan fingerprint density at radius 1 is 1.28 bits per heavy atom. The van der Waals surface area contributed by atoms with Crippen molar-refractivity contribution >= 4 is 17.3 Å². The van der Waals surface area contributed by atoms with E-state index >= 15 is 0 Å². The largest absolute Gasteiger partial charge is 0.377 e. The number of rotatable bonds is 5. The fourth-order valence-electron chi connectivity index (χ4n) is 3.00. The van der Waals surface area contributed by atoms with Crippen LogP contribution in [-0.4, -0.2) is 25.6 Å². The monoisotopic (exact) mass is 335 g/mol. The molecule has 1 saturated heterocycles. The average molecular weight is 335 g/mol. The van der Waals surface area contributed by atoms with Gasteiger partial charge in [-0.15, -0.1) is 0 Å². The van der Waals surface area contributed by atoms with Crippen LogP contribution in [0.3, 0.4) is 0 Å². The Morgan fingerprint density at radius 2 is 2.04 bits per heavy atom. The van der Waals surface area contributed by atoms with Crippen LogP contribution in [0.15, 0.2) is 48.5 Å². The molecule has 0 unspecified atom stereocenters. The van der Waals surface area contributed by atoms with Gasteiger partial charge >= 0.3 is 0 Å². The van der Waals surface area contributed by atoms with Gasteiger partial charge in [-0.2, -0.15) is 5.26 Å². The van der Waals surface area contributed by atoms with E-state index in [4.69, 9.17) is 10.00 Å². The average Bonchev–Trinajstić information content (AvgIpc) is 3.02. The van der Waals surface area contributed by atoms with Gasteiger partial charge in [-0.1, -0.05) is 12.1 Å². The highest BCUT2D eigenvalue weighted by Gasteiger charge is 2.32. The zero-order chi connectivity index (χ0) is 17.8. The number of nitrogens with zero attached hydrogens (tertiary/aromatic N) is 2. The molecule has 2 atom stereocenters. The van der Waals surface area contributed by atoms with Gasteiger partial charge < -0.3 is 15.0 Å². The predicted molar refractivity (Wildman–Crippen MR) is 97.4 cm³/mol. The molecule has 1 amide bonds. The number of nitrogens with one attached hydrogen (secondary N) is 1. The minimum absolute atomic E-state index is 0.0103. The van der Waals surface area contributed by atoms with E-state index in [9.17, 15) is 4.79 Å². The molecule has 1 fully saturated rings. The van der Waals surface area contributed by atoms with E-state index in [0.717, 1.165) is 23.4 Å². The van der Waals surface area contributed by atoms with Crippen LogP contribution in [0.2, 0.25) is 0 Å². The summed E-state index contributed by atoms with van der Waals surface area (Å²) in [5.41, 5.74) is 3.41. The molecule has 2 aromatic carbocycles. The van der Waals surface area contributed by atoms with Crippen molar-refractivity contribution in [1.82, 2.24) is 0 Å². The predicted octanol–water partition coefficient (Wildman–Crippen LogP) is 3.48. The number of anilines is 2. The van der Waals surface area contributed by atoms with Gasteiger partial charge in [0.15, 0.2) is 0 Å². The summed E-state index contributed by atoms with van der Waals surface area (Å²) in [6.07, 6.45) is 0.749. The second-order valence-corrected chi connectivity index (χ2v) is 6.14. The van der Waals surface area contributed by atoms with Crippen molar-refractivity contribution in [2.45, 2.75) is 25.5 Å². The molecule has 1 aliphatic heterocycles. The third-order valence-corrected chi connectivity index (χ3v) is 4.56. The zero-order valence-electron chi connectivity index (χ0n) is 14.4. The van der Waals surface area contributed by atoms with E-state index in [2.05, 4.69) is 11.4 Å². The molecular weight excluding hydrogens is 314 g/mol.